The van der Waals surface area contributed by atoms with Crippen LogP contribution in [-0.2, 0) is 32.2 Å². The Morgan fingerprint density at radius 3 is 2.38 bits per heavy atom. The van der Waals surface area contributed by atoms with Crippen LogP contribution in [0, 0.1) is 19.3 Å². The van der Waals surface area contributed by atoms with Crippen molar-refractivity contribution in [2.45, 2.75) is 77.4 Å². The topological polar surface area (TPSA) is 198 Å². The Hall–Kier alpha value is -8.58. The fourth-order valence-electron chi connectivity index (χ4n) is 11.5. The molecule has 2 saturated heterocycles. The highest BCUT2D eigenvalue weighted by Gasteiger charge is 2.46. The quantitative estimate of drug-likeness (QED) is 0.0633. The molecule has 5 amide bonds. The van der Waals surface area contributed by atoms with Gasteiger partial charge in [-0.3, -0.25) is 24.3 Å². The molecule has 2 aromatic heterocycles. The molecule has 0 spiro atoms. The van der Waals surface area contributed by atoms with Crippen LogP contribution in [0.5, 0.6) is 11.5 Å². The van der Waals surface area contributed by atoms with Crippen LogP contribution < -0.4 is 20.1 Å². The number of carbonyl (C=O) groups is 4. The molecule has 20 nitrogen and oxygen atoms in total. The smallest absolute Gasteiger partial charge is 0.326 e. The number of piperazine rings is 1. The zero-order valence-electron chi connectivity index (χ0n) is 48.7. The van der Waals surface area contributed by atoms with Crippen molar-refractivity contribution in [1.82, 2.24) is 39.3 Å². The molecule has 6 heterocycles. The third-order valence-corrected chi connectivity index (χ3v) is 16.1. The molecule has 3 atom stereocenters. The highest BCUT2D eigenvalue weighted by molar-refractivity contribution is 6.30. The number of fused-ring (bicyclic) bond motifs is 8. The van der Waals surface area contributed by atoms with E-state index in [9.17, 15) is 18.8 Å². The lowest BCUT2D eigenvalue weighted by Gasteiger charge is -2.38. The molecule has 2 N–H and O–H groups in total. The van der Waals surface area contributed by atoms with Crippen LogP contribution in [0.25, 0.3) is 16.0 Å². The summed E-state index contributed by atoms with van der Waals surface area (Å²) in [6.45, 7) is 16.8. The van der Waals surface area contributed by atoms with Crippen molar-refractivity contribution in [2.24, 2.45) is 4.99 Å². The van der Waals surface area contributed by atoms with Gasteiger partial charge in [0.15, 0.2) is 0 Å². The van der Waals surface area contributed by atoms with Gasteiger partial charge in [-0.1, -0.05) is 60.1 Å². The normalized spacial score (nSPS) is 17.7. The van der Waals surface area contributed by atoms with Gasteiger partial charge in [-0.15, -0.1) is 5.10 Å². The van der Waals surface area contributed by atoms with Crippen molar-refractivity contribution in [3.8, 4) is 22.6 Å². The number of methoxy groups -OCH3 is 1. The number of nitrogens with zero attached hydrogens (tertiary/aromatic N) is 11. The first-order chi connectivity index (χ1) is 41.0. The number of urea groups is 1. The van der Waals surface area contributed by atoms with Gasteiger partial charge in [0, 0.05) is 68.7 Å². The summed E-state index contributed by atoms with van der Waals surface area (Å²) in [6, 6.07) is 25.3. The molecule has 444 valence electrons. The van der Waals surface area contributed by atoms with Crippen molar-refractivity contribution in [3.05, 3.63) is 159 Å². The molecular formula is C63H70ClFN12O8. The third-order valence-electron chi connectivity index (χ3n) is 15.9. The number of nitrogens with two attached hydrogens (primary N) is 1. The summed E-state index contributed by atoms with van der Waals surface area (Å²) in [5, 5.41) is 5.40. The molecule has 22 heteroatoms. The number of benzene rings is 4. The number of pyridine rings is 1. The van der Waals surface area contributed by atoms with E-state index in [4.69, 9.17) is 52.9 Å². The lowest BCUT2D eigenvalue weighted by Crippen LogP contribution is -2.56. The molecule has 4 aliphatic rings. The number of hydrogen-bond donors (Lipinski definition) is 1. The van der Waals surface area contributed by atoms with Crippen molar-refractivity contribution >= 4 is 58.5 Å². The number of aryl methyl sites for hydroxylation is 1. The third kappa shape index (κ3) is 12.9. The van der Waals surface area contributed by atoms with E-state index in [1.165, 1.54) is 23.1 Å². The Bertz CT molecular complexity index is 3540. The molecule has 10 rings (SSSR count). The van der Waals surface area contributed by atoms with Crippen molar-refractivity contribution < 1.29 is 42.5 Å². The second-order valence-electron chi connectivity index (χ2n) is 21.9. The number of hydrogen-bond acceptors (Lipinski definition) is 13. The fraction of sp³-hybridized carbons (Fsp3) is 0.397. The summed E-state index contributed by atoms with van der Waals surface area (Å²) in [7, 11) is 4.92. The van der Waals surface area contributed by atoms with E-state index in [2.05, 4.69) is 14.7 Å². The number of halogens is 2. The van der Waals surface area contributed by atoms with E-state index in [-0.39, 0.29) is 120 Å². The zero-order valence-corrected chi connectivity index (χ0v) is 49.4. The summed E-state index contributed by atoms with van der Waals surface area (Å²) in [5.74, 6) is 0.857. The van der Waals surface area contributed by atoms with Crippen molar-refractivity contribution in [2.75, 3.05) is 97.5 Å². The van der Waals surface area contributed by atoms with Crippen LogP contribution in [0.15, 0.2) is 102 Å². The Kier molecular flexibility index (Phi) is 18.3. The van der Waals surface area contributed by atoms with Crippen LogP contribution in [0.1, 0.15) is 95.1 Å². The number of amides is 5. The van der Waals surface area contributed by atoms with Gasteiger partial charge in [0.05, 0.1) is 82.5 Å². The standard InChI is InChI=1S/C63H70ClFN12O8/c1-39(2)85-53-35-46(82-7)19-21-48(53)60-69-57(41-12-10-40(3)11-13-41)58(42-14-16-44(64)17-15-42)77(60)63(81)74-26-25-73(55(79)38-74)28-30-84-32-31-83-29-22-54(78)71(5)24-27-76-61(67-4)56-43-33-52(59(66)68-36-43)75-23-8-9-51(75)49-34-45(65)18-20-47(49)62(80)72(6)37-50(56)70-76/h10-21,33-36,39,51,57-58H,8-9,22-32,37-38H2,1-3,5-7H3,(H2,66,68)/t51-,57+,58-/m1/s1. The van der Waals surface area contributed by atoms with E-state index < -0.39 is 17.9 Å². The second-order valence-corrected chi connectivity index (χ2v) is 22.4. The number of rotatable bonds is 18. The molecular weight excluding hydrogens is 1110 g/mol. The first kappa shape index (κ1) is 59.6. The molecule has 6 aromatic rings. The van der Waals surface area contributed by atoms with Gasteiger partial charge in [-0.25, -0.2) is 14.2 Å². The van der Waals surface area contributed by atoms with E-state index in [1.807, 2.05) is 75.4 Å². The zero-order chi connectivity index (χ0) is 60.1. The van der Waals surface area contributed by atoms with Gasteiger partial charge in [-0.05, 0) is 104 Å². The van der Waals surface area contributed by atoms with Crippen LogP contribution >= 0.6 is 11.6 Å². The number of nitrogen functional groups attached to an aromatic ring is 1. The van der Waals surface area contributed by atoms with Crippen LogP contribution in [0.2, 0.25) is 5.02 Å². The predicted molar refractivity (Wildman–Crippen MR) is 320 cm³/mol. The summed E-state index contributed by atoms with van der Waals surface area (Å²) in [6.07, 6.45) is 2.98. The Morgan fingerprint density at radius 2 is 1.65 bits per heavy atom. The Balaban J connectivity index is 0.721. The fourth-order valence-corrected chi connectivity index (χ4v) is 11.6. The predicted octanol–water partition coefficient (Wildman–Crippen LogP) is 9.29. The maximum atomic E-state index is 15.2. The molecule has 0 aliphatic carbocycles. The van der Waals surface area contributed by atoms with E-state index in [0.717, 1.165) is 23.1 Å². The average molecular weight is 1180 g/mol. The summed E-state index contributed by atoms with van der Waals surface area (Å²) >= 11 is 6.41. The highest BCUT2D eigenvalue weighted by atomic mass is 35.5. The van der Waals surface area contributed by atoms with Gasteiger partial charge in [-0.2, -0.15) is 4.68 Å². The highest BCUT2D eigenvalue weighted by Crippen LogP contribution is 2.47. The SMILES string of the molecule is [C-]#[N+]c1c2c(nn1CCN(C)C(=O)CCOCCOCCN1CCN(C(=O)N3C(c4ccc(OC)cc4OC(C)C)=N[C@@H](c4ccc(C)cc4)[C@H]3c3ccc(Cl)cc3)CC1=O)CN(C)C(=O)c1ccc(F)cc1[C@H]1CCCN1c1cc-2cnc1N. The van der Waals surface area contributed by atoms with Crippen molar-refractivity contribution in [3.63, 3.8) is 0 Å². The summed E-state index contributed by atoms with van der Waals surface area (Å²) in [5.41, 5.74) is 13.1. The van der Waals surface area contributed by atoms with Crippen molar-refractivity contribution in [1.29, 1.82) is 0 Å². The molecule has 0 radical (unpaired) electrons. The first-order valence-corrected chi connectivity index (χ1v) is 28.9. The van der Waals surface area contributed by atoms with Crippen LogP contribution in [-0.4, -0.2) is 162 Å². The minimum Gasteiger partial charge on any atom is -0.497 e. The van der Waals surface area contributed by atoms with E-state index >= 15 is 4.79 Å². The molecule has 2 bridgehead atoms. The molecule has 4 aromatic carbocycles. The van der Waals surface area contributed by atoms with Gasteiger partial charge in [0.1, 0.15) is 53.8 Å². The second kappa shape index (κ2) is 26.1. The number of likely N-dealkylation sites (N-methyl/N-ethyl adjacent to an activating group) is 1. The Morgan fingerprint density at radius 1 is 0.906 bits per heavy atom. The maximum Gasteiger partial charge on any atom is 0.326 e. The summed E-state index contributed by atoms with van der Waals surface area (Å²) < 4.78 is 39.9. The molecule has 2 fully saturated rings. The van der Waals surface area contributed by atoms with Crippen LogP contribution in [0.4, 0.5) is 26.5 Å². The summed E-state index contributed by atoms with van der Waals surface area (Å²) in [4.78, 5) is 80.3. The maximum absolute atomic E-state index is 15.2. The number of anilines is 2. The molecule has 0 saturated carbocycles. The monoisotopic (exact) mass is 1180 g/mol. The number of amidine groups is 1. The average Bonchev–Trinajstić information content (AvgIpc) is 1.81. The number of ether oxygens (including phenoxy) is 4. The molecule has 4 aliphatic heterocycles. The number of aliphatic imine (C=N–C) groups is 1. The number of aromatic nitrogens is 3. The lowest BCUT2D eigenvalue weighted by atomic mass is 9.93. The number of carbonyl (C=O) groups excluding carboxylic acids is 4. The van der Waals surface area contributed by atoms with Gasteiger partial charge >= 0.3 is 6.03 Å². The van der Waals surface area contributed by atoms with E-state index in [0.29, 0.717) is 81.1 Å². The van der Waals surface area contributed by atoms with E-state index in [1.54, 1.807) is 69.9 Å². The Labute approximate surface area is 499 Å². The van der Waals surface area contributed by atoms with Gasteiger partial charge < -0.3 is 54.0 Å². The minimum absolute atomic E-state index is 0.0467. The first-order valence-electron chi connectivity index (χ1n) is 28.6. The van der Waals surface area contributed by atoms with Crippen LogP contribution in [0.3, 0.4) is 0 Å². The van der Waals surface area contributed by atoms with Gasteiger partial charge in [0.2, 0.25) is 11.8 Å². The minimum atomic E-state index is -0.597. The van der Waals surface area contributed by atoms with Gasteiger partial charge in [0.25, 0.3) is 11.7 Å². The molecule has 0 unspecified atom stereocenters. The molecule has 85 heavy (non-hydrogen) atoms. The largest absolute Gasteiger partial charge is 0.497 e. The lowest BCUT2D eigenvalue weighted by molar-refractivity contribution is -0.135.